The van der Waals surface area contributed by atoms with Crippen LogP contribution in [0.5, 0.6) is 0 Å². The van der Waals surface area contributed by atoms with Crippen molar-refractivity contribution in [3.05, 3.63) is 53.5 Å². The van der Waals surface area contributed by atoms with Crippen LogP contribution in [-0.4, -0.2) is 11.8 Å². The Balaban J connectivity index is 2.20. The number of hydrogen-bond donors (Lipinski definition) is 2. The number of furan rings is 1. The predicted octanol–water partition coefficient (Wildman–Crippen LogP) is 1.94. The van der Waals surface area contributed by atoms with E-state index in [4.69, 9.17) is 10.2 Å². The van der Waals surface area contributed by atoms with Gasteiger partial charge in [0.25, 0.3) is 5.91 Å². The fourth-order valence-electron chi connectivity index (χ4n) is 1.57. The minimum atomic E-state index is -0.536. The molecule has 2 aromatic rings. The van der Waals surface area contributed by atoms with E-state index in [-0.39, 0.29) is 5.91 Å². The second kappa shape index (κ2) is 4.75. The van der Waals surface area contributed by atoms with Crippen molar-refractivity contribution in [1.29, 1.82) is 0 Å². The van der Waals surface area contributed by atoms with Crippen LogP contribution in [0.25, 0.3) is 0 Å². The molecule has 0 atom stereocenters. The molecule has 2 rings (SSSR count). The number of benzene rings is 1. The maximum Gasteiger partial charge on any atom is 0.259 e. The van der Waals surface area contributed by atoms with E-state index in [0.29, 0.717) is 22.6 Å². The third-order valence-corrected chi connectivity index (χ3v) is 2.51. The number of carbonyl (C=O) groups is 2. The average Bonchev–Trinajstić information content (AvgIpc) is 2.76. The van der Waals surface area contributed by atoms with Gasteiger partial charge in [-0.2, -0.15) is 0 Å². The lowest BCUT2D eigenvalue weighted by Crippen LogP contribution is -2.14. The molecule has 2 amide bonds. The van der Waals surface area contributed by atoms with Gasteiger partial charge in [0.1, 0.15) is 5.76 Å². The van der Waals surface area contributed by atoms with Crippen molar-refractivity contribution in [3.8, 4) is 0 Å². The molecule has 5 heteroatoms. The summed E-state index contributed by atoms with van der Waals surface area (Å²) in [6, 6.07) is 8.02. The topological polar surface area (TPSA) is 85.3 Å². The van der Waals surface area contributed by atoms with E-state index in [1.54, 1.807) is 31.2 Å². The molecule has 0 aliphatic carbocycles. The van der Waals surface area contributed by atoms with Crippen LogP contribution in [0.3, 0.4) is 0 Å². The molecule has 0 unspecified atom stereocenters. The van der Waals surface area contributed by atoms with Gasteiger partial charge in [-0.1, -0.05) is 6.07 Å². The molecule has 0 saturated heterocycles. The Bertz CT molecular complexity index is 602. The molecule has 0 spiro atoms. The van der Waals surface area contributed by atoms with E-state index in [1.165, 1.54) is 12.3 Å². The maximum atomic E-state index is 11.9. The number of nitrogens with one attached hydrogen (secondary N) is 1. The molecular weight excluding hydrogens is 232 g/mol. The SMILES string of the molecule is Cc1occc1C(=O)Nc1cccc(C(N)=O)c1. The van der Waals surface area contributed by atoms with Gasteiger partial charge in [-0.25, -0.2) is 0 Å². The molecule has 0 radical (unpaired) electrons. The molecule has 0 aliphatic heterocycles. The van der Waals surface area contributed by atoms with Crippen molar-refractivity contribution in [3.63, 3.8) is 0 Å². The highest BCUT2D eigenvalue weighted by Crippen LogP contribution is 2.14. The van der Waals surface area contributed by atoms with E-state index in [1.807, 2.05) is 0 Å². The first-order chi connectivity index (χ1) is 8.58. The Kier molecular flexibility index (Phi) is 3.14. The lowest BCUT2D eigenvalue weighted by atomic mass is 10.2. The molecule has 18 heavy (non-hydrogen) atoms. The van der Waals surface area contributed by atoms with Crippen LogP contribution in [0.15, 0.2) is 41.0 Å². The number of nitrogens with two attached hydrogens (primary N) is 1. The summed E-state index contributed by atoms with van der Waals surface area (Å²) in [5, 5.41) is 2.67. The predicted molar refractivity (Wildman–Crippen MR) is 66.4 cm³/mol. The van der Waals surface area contributed by atoms with Crippen LogP contribution in [0.2, 0.25) is 0 Å². The Morgan fingerprint density at radius 2 is 2.06 bits per heavy atom. The first-order valence-corrected chi connectivity index (χ1v) is 5.33. The second-order valence-electron chi connectivity index (χ2n) is 3.79. The highest BCUT2D eigenvalue weighted by atomic mass is 16.3. The Morgan fingerprint density at radius 3 is 2.67 bits per heavy atom. The summed E-state index contributed by atoms with van der Waals surface area (Å²) in [5.41, 5.74) is 6.48. The number of carbonyl (C=O) groups excluding carboxylic acids is 2. The van der Waals surface area contributed by atoms with Crippen molar-refractivity contribution >= 4 is 17.5 Å². The quantitative estimate of drug-likeness (QED) is 0.865. The minimum absolute atomic E-state index is 0.289. The average molecular weight is 244 g/mol. The highest BCUT2D eigenvalue weighted by Gasteiger charge is 2.12. The van der Waals surface area contributed by atoms with E-state index in [0.717, 1.165) is 0 Å². The number of aryl methyl sites for hydroxylation is 1. The van der Waals surface area contributed by atoms with Gasteiger partial charge in [-0.05, 0) is 31.2 Å². The maximum absolute atomic E-state index is 11.9. The van der Waals surface area contributed by atoms with Gasteiger partial charge in [-0.15, -0.1) is 0 Å². The lowest BCUT2D eigenvalue weighted by Gasteiger charge is -2.05. The summed E-state index contributed by atoms with van der Waals surface area (Å²) >= 11 is 0. The van der Waals surface area contributed by atoms with E-state index >= 15 is 0 Å². The number of primary amides is 1. The third kappa shape index (κ3) is 2.40. The Morgan fingerprint density at radius 1 is 1.28 bits per heavy atom. The van der Waals surface area contributed by atoms with Gasteiger partial charge in [0, 0.05) is 11.3 Å². The molecule has 3 N–H and O–H groups in total. The van der Waals surface area contributed by atoms with Gasteiger partial charge < -0.3 is 15.5 Å². The van der Waals surface area contributed by atoms with E-state index in [9.17, 15) is 9.59 Å². The van der Waals surface area contributed by atoms with E-state index in [2.05, 4.69) is 5.32 Å². The summed E-state index contributed by atoms with van der Waals surface area (Å²) in [7, 11) is 0. The molecule has 1 heterocycles. The molecule has 92 valence electrons. The van der Waals surface area contributed by atoms with Crippen LogP contribution in [-0.2, 0) is 0 Å². The Hall–Kier alpha value is -2.56. The minimum Gasteiger partial charge on any atom is -0.469 e. The smallest absolute Gasteiger partial charge is 0.259 e. The number of hydrogen-bond acceptors (Lipinski definition) is 3. The third-order valence-electron chi connectivity index (χ3n) is 2.51. The van der Waals surface area contributed by atoms with Crippen molar-refractivity contribution < 1.29 is 14.0 Å². The number of rotatable bonds is 3. The summed E-state index contributed by atoms with van der Waals surface area (Å²) in [4.78, 5) is 22.9. The molecule has 1 aromatic carbocycles. The molecule has 0 saturated carbocycles. The molecule has 0 aliphatic rings. The van der Waals surface area contributed by atoms with Crippen molar-refractivity contribution in [2.45, 2.75) is 6.92 Å². The van der Waals surface area contributed by atoms with Crippen molar-refractivity contribution in [2.24, 2.45) is 5.73 Å². The fourth-order valence-corrected chi connectivity index (χ4v) is 1.57. The summed E-state index contributed by atoms with van der Waals surface area (Å²) in [6.07, 6.45) is 1.45. The molecule has 5 nitrogen and oxygen atoms in total. The van der Waals surface area contributed by atoms with Crippen LogP contribution in [0, 0.1) is 6.92 Å². The first-order valence-electron chi connectivity index (χ1n) is 5.33. The zero-order chi connectivity index (χ0) is 13.1. The van der Waals surface area contributed by atoms with Crippen molar-refractivity contribution in [2.75, 3.05) is 5.32 Å². The summed E-state index contributed by atoms with van der Waals surface area (Å²) in [5.74, 6) is -0.285. The summed E-state index contributed by atoms with van der Waals surface area (Å²) < 4.78 is 5.05. The second-order valence-corrected chi connectivity index (χ2v) is 3.79. The molecule has 1 aromatic heterocycles. The van der Waals surface area contributed by atoms with Gasteiger partial charge >= 0.3 is 0 Å². The van der Waals surface area contributed by atoms with Crippen LogP contribution >= 0.6 is 0 Å². The lowest BCUT2D eigenvalue weighted by molar-refractivity contribution is 0.0996. The van der Waals surface area contributed by atoms with E-state index < -0.39 is 5.91 Å². The van der Waals surface area contributed by atoms with Gasteiger partial charge in [-0.3, -0.25) is 9.59 Å². The van der Waals surface area contributed by atoms with Gasteiger partial charge in [0.05, 0.1) is 11.8 Å². The highest BCUT2D eigenvalue weighted by molar-refractivity contribution is 6.05. The first kappa shape index (κ1) is 11.9. The standard InChI is InChI=1S/C13H12N2O3/c1-8-11(5-6-18-8)13(17)15-10-4-2-3-9(7-10)12(14)16/h2-7H,1H3,(H2,14,16)(H,15,17). The van der Waals surface area contributed by atoms with Crippen LogP contribution in [0.4, 0.5) is 5.69 Å². The van der Waals surface area contributed by atoms with Gasteiger partial charge in [0.2, 0.25) is 5.91 Å². The van der Waals surface area contributed by atoms with Gasteiger partial charge in [0.15, 0.2) is 0 Å². The molecule has 0 fully saturated rings. The number of amides is 2. The zero-order valence-corrected chi connectivity index (χ0v) is 9.77. The normalized spacial score (nSPS) is 10.1. The van der Waals surface area contributed by atoms with Crippen molar-refractivity contribution in [1.82, 2.24) is 0 Å². The largest absolute Gasteiger partial charge is 0.469 e. The fraction of sp³-hybridized carbons (Fsp3) is 0.0769. The number of anilines is 1. The van der Waals surface area contributed by atoms with Crippen LogP contribution < -0.4 is 11.1 Å². The van der Waals surface area contributed by atoms with Crippen LogP contribution in [0.1, 0.15) is 26.5 Å². The monoisotopic (exact) mass is 244 g/mol. The Labute approximate surface area is 104 Å². The summed E-state index contributed by atoms with van der Waals surface area (Å²) in [6.45, 7) is 1.70. The zero-order valence-electron chi connectivity index (χ0n) is 9.77. The molecular formula is C13H12N2O3. The molecule has 0 bridgehead atoms.